The van der Waals surface area contributed by atoms with Crippen molar-refractivity contribution in [1.82, 2.24) is 9.88 Å². The number of carbonyl (C=O) groups is 2. The van der Waals surface area contributed by atoms with Crippen LogP contribution in [0.1, 0.15) is 56.0 Å². The van der Waals surface area contributed by atoms with Crippen molar-refractivity contribution in [3.05, 3.63) is 94.8 Å². The van der Waals surface area contributed by atoms with Gasteiger partial charge in [-0.15, -0.1) is 0 Å². The van der Waals surface area contributed by atoms with Crippen LogP contribution in [0.5, 0.6) is 5.75 Å². The van der Waals surface area contributed by atoms with Crippen LogP contribution in [-0.2, 0) is 16.1 Å². The quantitative estimate of drug-likeness (QED) is 0.201. The third kappa shape index (κ3) is 5.98. The highest BCUT2D eigenvalue weighted by atomic mass is 16.5. The van der Waals surface area contributed by atoms with E-state index in [2.05, 4.69) is 37.6 Å². The SMILES string of the molecule is CCN(CC)c1ccc(C2/C(=C(/O)c3ccc(OCC(C)C)c(C)c3)C(=O)C(=O)N2Cc2ccncc2)cc1. The number of ether oxygens (including phenoxy) is 1. The second-order valence-corrected chi connectivity index (χ2v) is 10.2. The van der Waals surface area contributed by atoms with Crippen LogP contribution in [0.2, 0.25) is 0 Å². The number of likely N-dealkylation sites (tertiary alicyclic amines) is 1. The van der Waals surface area contributed by atoms with Crippen molar-refractivity contribution < 1.29 is 19.4 Å². The van der Waals surface area contributed by atoms with E-state index in [0.29, 0.717) is 18.1 Å². The molecule has 7 nitrogen and oxygen atoms in total. The normalized spacial score (nSPS) is 16.7. The number of benzene rings is 2. The molecule has 0 aliphatic carbocycles. The number of ketones is 1. The average Bonchev–Trinajstić information content (AvgIpc) is 3.18. The highest BCUT2D eigenvalue weighted by molar-refractivity contribution is 6.46. The van der Waals surface area contributed by atoms with Crippen molar-refractivity contribution in [3.8, 4) is 5.75 Å². The number of hydrogen-bond donors (Lipinski definition) is 1. The van der Waals surface area contributed by atoms with Crippen LogP contribution in [0.4, 0.5) is 5.69 Å². The summed E-state index contributed by atoms with van der Waals surface area (Å²) in [6.45, 7) is 12.8. The number of aryl methyl sites for hydroxylation is 1. The Balaban J connectivity index is 1.79. The lowest BCUT2D eigenvalue weighted by atomic mass is 9.94. The fourth-order valence-corrected chi connectivity index (χ4v) is 4.90. The number of Topliss-reactive ketones (excluding diaryl/α,β-unsaturated/α-hetero) is 1. The van der Waals surface area contributed by atoms with Gasteiger partial charge in [-0.25, -0.2) is 0 Å². The highest BCUT2D eigenvalue weighted by Gasteiger charge is 2.46. The first-order valence-electron chi connectivity index (χ1n) is 13.5. The molecule has 2 aromatic carbocycles. The van der Waals surface area contributed by atoms with Gasteiger partial charge < -0.3 is 19.6 Å². The molecule has 39 heavy (non-hydrogen) atoms. The Bertz CT molecular complexity index is 1350. The van der Waals surface area contributed by atoms with Gasteiger partial charge in [0, 0.05) is 43.3 Å². The topological polar surface area (TPSA) is 83.0 Å². The predicted molar refractivity (Wildman–Crippen MR) is 154 cm³/mol. The Kier molecular flexibility index (Phi) is 8.69. The number of amides is 1. The fraction of sp³-hybridized carbons (Fsp3) is 0.344. The predicted octanol–water partition coefficient (Wildman–Crippen LogP) is 5.89. The number of rotatable bonds is 10. The molecule has 1 aliphatic rings. The number of aliphatic hydroxyl groups excluding tert-OH is 1. The molecule has 1 aromatic heterocycles. The van der Waals surface area contributed by atoms with Crippen molar-refractivity contribution in [3.63, 3.8) is 0 Å². The lowest BCUT2D eigenvalue weighted by Gasteiger charge is -2.27. The maximum atomic E-state index is 13.4. The maximum absolute atomic E-state index is 13.4. The van der Waals surface area contributed by atoms with Gasteiger partial charge >= 0.3 is 0 Å². The zero-order valence-corrected chi connectivity index (χ0v) is 23.3. The van der Waals surface area contributed by atoms with Gasteiger partial charge in [0.15, 0.2) is 0 Å². The largest absolute Gasteiger partial charge is 0.507 e. The summed E-state index contributed by atoms with van der Waals surface area (Å²) in [5, 5.41) is 11.5. The third-order valence-corrected chi connectivity index (χ3v) is 7.00. The minimum atomic E-state index is -0.735. The molecule has 0 radical (unpaired) electrons. The van der Waals surface area contributed by atoms with Crippen molar-refractivity contribution >= 4 is 23.1 Å². The molecule has 204 valence electrons. The molecule has 0 spiro atoms. The number of hydrogen-bond acceptors (Lipinski definition) is 6. The van der Waals surface area contributed by atoms with Crippen LogP contribution in [0.3, 0.4) is 0 Å². The fourth-order valence-electron chi connectivity index (χ4n) is 4.90. The number of aromatic nitrogens is 1. The summed E-state index contributed by atoms with van der Waals surface area (Å²) < 4.78 is 5.88. The van der Waals surface area contributed by atoms with Crippen molar-refractivity contribution in [1.29, 1.82) is 0 Å². The third-order valence-electron chi connectivity index (χ3n) is 7.00. The Labute approximate surface area is 230 Å². The number of carbonyl (C=O) groups excluding carboxylic acids is 2. The average molecular weight is 528 g/mol. The number of aliphatic hydroxyl groups is 1. The van der Waals surface area contributed by atoms with Crippen molar-refractivity contribution in [2.24, 2.45) is 5.92 Å². The van der Waals surface area contributed by atoms with E-state index in [4.69, 9.17) is 4.74 Å². The summed E-state index contributed by atoms with van der Waals surface area (Å²) in [7, 11) is 0. The van der Waals surface area contributed by atoms with Crippen LogP contribution in [-0.4, -0.2) is 46.4 Å². The smallest absolute Gasteiger partial charge is 0.295 e. The van der Waals surface area contributed by atoms with Crippen LogP contribution in [0.15, 0.2) is 72.6 Å². The zero-order valence-electron chi connectivity index (χ0n) is 23.3. The van der Waals surface area contributed by atoms with E-state index in [-0.39, 0.29) is 17.9 Å². The second-order valence-electron chi connectivity index (χ2n) is 10.2. The van der Waals surface area contributed by atoms with Crippen LogP contribution >= 0.6 is 0 Å². The van der Waals surface area contributed by atoms with Gasteiger partial charge in [0.1, 0.15) is 11.5 Å². The molecule has 2 heterocycles. The van der Waals surface area contributed by atoms with Crippen LogP contribution in [0, 0.1) is 12.8 Å². The number of anilines is 1. The molecule has 0 bridgehead atoms. The Morgan fingerprint density at radius 1 is 1.03 bits per heavy atom. The highest BCUT2D eigenvalue weighted by Crippen LogP contribution is 2.41. The monoisotopic (exact) mass is 527 g/mol. The minimum absolute atomic E-state index is 0.0832. The molecular formula is C32H37N3O4. The van der Waals surface area contributed by atoms with E-state index >= 15 is 0 Å². The molecule has 0 saturated carbocycles. The first kappa shape index (κ1) is 27.9. The van der Waals surface area contributed by atoms with Gasteiger partial charge in [0.25, 0.3) is 11.7 Å². The zero-order chi connectivity index (χ0) is 28.1. The van der Waals surface area contributed by atoms with Gasteiger partial charge in [0.2, 0.25) is 0 Å². The Morgan fingerprint density at radius 3 is 2.28 bits per heavy atom. The van der Waals surface area contributed by atoms with E-state index < -0.39 is 17.7 Å². The van der Waals surface area contributed by atoms with Gasteiger partial charge in [-0.1, -0.05) is 26.0 Å². The minimum Gasteiger partial charge on any atom is -0.507 e. The Morgan fingerprint density at radius 2 is 1.69 bits per heavy atom. The molecule has 1 amide bonds. The van der Waals surface area contributed by atoms with E-state index in [1.807, 2.05) is 43.3 Å². The Hall–Kier alpha value is -4.13. The second kappa shape index (κ2) is 12.2. The summed E-state index contributed by atoms with van der Waals surface area (Å²) in [6, 6.07) is 16.1. The molecule has 1 saturated heterocycles. The van der Waals surface area contributed by atoms with Crippen molar-refractivity contribution in [2.45, 2.75) is 47.2 Å². The van der Waals surface area contributed by atoms with Gasteiger partial charge in [-0.05, 0) is 85.8 Å². The van der Waals surface area contributed by atoms with E-state index in [0.717, 1.165) is 41.2 Å². The van der Waals surface area contributed by atoms with E-state index in [9.17, 15) is 14.7 Å². The first-order valence-corrected chi connectivity index (χ1v) is 13.5. The molecule has 4 rings (SSSR count). The molecular weight excluding hydrogens is 490 g/mol. The number of nitrogens with zero attached hydrogens (tertiary/aromatic N) is 3. The molecule has 1 atom stereocenters. The summed E-state index contributed by atoms with van der Waals surface area (Å²) in [4.78, 5) is 34.6. The van der Waals surface area contributed by atoms with Crippen LogP contribution in [0.25, 0.3) is 5.76 Å². The number of pyridine rings is 1. The van der Waals surface area contributed by atoms with E-state index in [1.165, 1.54) is 4.90 Å². The molecule has 3 aromatic rings. The lowest BCUT2D eigenvalue weighted by molar-refractivity contribution is -0.140. The molecule has 1 N–H and O–H groups in total. The summed E-state index contributed by atoms with van der Waals surface area (Å²) >= 11 is 0. The summed E-state index contributed by atoms with van der Waals surface area (Å²) in [6.07, 6.45) is 3.32. The molecule has 1 aliphatic heterocycles. The van der Waals surface area contributed by atoms with Gasteiger partial charge in [-0.2, -0.15) is 0 Å². The van der Waals surface area contributed by atoms with Gasteiger partial charge in [-0.3, -0.25) is 14.6 Å². The van der Waals surface area contributed by atoms with Crippen LogP contribution < -0.4 is 9.64 Å². The lowest BCUT2D eigenvalue weighted by Crippen LogP contribution is -2.29. The summed E-state index contributed by atoms with van der Waals surface area (Å²) in [5.41, 5.74) is 4.05. The molecule has 1 unspecified atom stereocenters. The van der Waals surface area contributed by atoms with Crippen molar-refractivity contribution in [2.75, 3.05) is 24.6 Å². The summed E-state index contributed by atoms with van der Waals surface area (Å²) in [5.74, 6) is -0.428. The molecule has 7 heteroatoms. The first-order chi connectivity index (χ1) is 18.7. The standard InChI is InChI=1S/C32H37N3O4/c1-6-34(7-2)26-11-8-24(9-12-26)29-28(31(37)32(38)35(29)19-23-14-16-33-17-15-23)30(36)25-10-13-27(22(5)18-25)39-20-21(3)4/h8-18,21,29,36H,6-7,19-20H2,1-5H3/b30-28-. The van der Waals surface area contributed by atoms with Gasteiger partial charge in [0.05, 0.1) is 18.2 Å². The molecule has 1 fully saturated rings. The maximum Gasteiger partial charge on any atom is 0.295 e. The van der Waals surface area contributed by atoms with E-state index in [1.54, 1.807) is 30.6 Å².